The molecule has 1 aliphatic heterocycles. The predicted molar refractivity (Wildman–Crippen MR) is 90.3 cm³/mol. The summed E-state index contributed by atoms with van der Waals surface area (Å²) >= 11 is 3.41. The fourth-order valence-electron chi connectivity index (χ4n) is 2.61. The molecule has 0 aliphatic carbocycles. The largest absolute Gasteiger partial charge is 0.338 e. The van der Waals surface area contributed by atoms with Crippen molar-refractivity contribution in [3.63, 3.8) is 0 Å². The van der Waals surface area contributed by atoms with E-state index in [1.807, 2.05) is 42.5 Å². The molecular weight excluding hydrogens is 372 g/mol. The van der Waals surface area contributed by atoms with Gasteiger partial charge in [0.25, 0.3) is 5.91 Å². The zero-order valence-electron chi connectivity index (χ0n) is 12.6. The molecule has 2 aromatic heterocycles. The maximum atomic E-state index is 12.5. The van der Waals surface area contributed by atoms with Gasteiger partial charge >= 0.3 is 0 Å². The molecule has 1 fully saturated rings. The summed E-state index contributed by atoms with van der Waals surface area (Å²) in [6.45, 7) is 1.15. The van der Waals surface area contributed by atoms with Gasteiger partial charge in [0.1, 0.15) is 5.69 Å². The second-order valence-electron chi connectivity index (χ2n) is 5.56. The number of rotatable bonds is 3. The Labute approximate surface area is 146 Å². The number of benzene rings is 1. The van der Waals surface area contributed by atoms with Crippen molar-refractivity contribution >= 4 is 21.8 Å². The van der Waals surface area contributed by atoms with Gasteiger partial charge in [-0.2, -0.15) is 4.98 Å². The van der Waals surface area contributed by atoms with Gasteiger partial charge in [-0.25, -0.2) is 0 Å². The number of likely N-dealkylation sites (tertiary alicyclic amines) is 1. The van der Waals surface area contributed by atoms with E-state index in [1.54, 1.807) is 11.1 Å². The van der Waals surface area contributed by atoms with Crippen molar-refractivity contribution in [1.82, 2.24) is 20.0 Å². The molecule has 0 bridgehead atoms. The zero-order valence-corrected chi connectivity index (χ0v) is 14.2. The smallest absolute Gasteiger partial charge is 0.255 e. The number of aromatic nitrogens is 3. The molecule has 4 rings (SSSR count). The average molecular weight is 385 g/mol. The van der Waals surface area contributed by atoms with E-state index in [4.69, 9.17) is 4.52 Å². The van der Waals surface area contributed by atoms with Gasteiger partial charge in [-0.15, -0.1) is 0 Å². The lowest BCUT2D eigenvalue weighted by Gasteiger charge is -2.37. The fraction of sp³-hybridized carbons (Fsp3) is 0.176. The summed E-state index contributed by atoms with van der Waals surface area (Å²) in [5.41, 5.74) is 1.34. The van der Waals surface area contributed by atoms with Crippen molar-refractivity contribution in [3.05, 3.63) is 64.6 Å². The third-order valence-corrected chi connectivity index (χ3v) is 4.65. The van der Waals surface area contributed by atoms with Crippen LogP contribution in [0, 0.1) is 0 Å². The van der Waals surface area contributed by atoms with Gasteiger partial charge in [0.15, 0.2) is 0 Å². The van der Waals surface area contributed by atoms with E-state index in [1.165, 1.54) is 0 Å². The first-order valence-electron chi connectivity index (χ1n) is 7.51. The molecule has 1 aliphatic rings. The standard InChI is InChI=1S/C17H13BrN4O2/c18-13-6-2-1-5-12(13)17(23)22-9-11(10-22)16-20-15(21-24-16)14-7-3-4-8-19-14/h1-8,11H,9-10H2. The third-order valence-electron chi connectivity index (χ3n) is 3.96. The summed E-state index contributed by atoms with van der Waals surface area (Å²) in [4.78, 5) is 22.8. The van der Waals surface area contributed by atoms with Crippen molar-refractivity contribution in [2.45, 2.75) is 5.92 Å². The Morgan fingerprint density at radius 2 is 1.96 bits per heavy atom. The Hall–Kier alpha value is -2.54. The van der Waals surface area contributed by atoms with Crippen LogP contribution in [-0.4, -0.2) is 39.0 Å². The lowest BCUT2D eigenvalue weighted by molar-refractivity contribution is 0.0568. The first-order valence-corrected chi connectivity index (χ1v) is 8.30. The molecule has 24 heavy (non-hydrogen) atoms. The van der Waals surface area contributed by atoms with Crippen molar-refractivity contribution in [2.24, 2.45) is 0 Å². The second-order valence-corrected chi connectivity index (χ2v) is 6.41. The molecule has 1 amide bonds. The van der Waals surface area contributed by atoms with E-state index < -0.39 is 0 Å². The normalized spacial score (nSPS) is 14.5. The molecule has 0 unspecified atom stereocenters. The van der Waals surface area contributed by atoms with E-state index in [0.29, 0.717) is 36.1 Å². The van der Waals surface area contributed by atoms with Gasteiger partial charge < -0.3 is 9.42 Å². The first-order chi connectivity index (χ1) is 11.7. The number of pyridine rings is 1. The molecule has 0 spiro atoms. The van der Waals surface area contributed by atoms with Crippen molar-refractivity contribution < 1.29 is 9.32 Å². The molecule has 3 heterocycles. The van der Waals surface area contributed by atoms with Crippen LogP contribution in [0.5, 0.6) is 0 Å². The van der Waals surface area contributed by atoms with E-state index in [0.717, 1.165) is 4.47 Å². The number of nitrogens with zero attached hydrogens (tertiary/aromatic N) is 4. The molecule has 0 saturated carbocycles. The van der Waals surface area contributed by atoms with Gasteiger partial charge in [-0.05, 0) is 40.2 Å². The number of carbonyl (C=O) groups excluding carboxylic acids is 1. The highest BCUT2D eigenvalue weighted by Crippen LogP contribution is 2.29. The van der Waals surface area contributed by atoms with Gasteiger partial charge in [0.05, 0.1) is 11.5 Å². The van der Waals surface area contributed by atoms with Crippen molar-refractivity contribution in [3.8, 4) is 11.5 Å². The average Bonchev–Trinajstić information content (AvgIpc) is 3.04. The summed E-state index contributed by atoms with van der Waals surface area (Å²) in [7, 11) is 0. The van der Waals surface area contributed by atoms with Crippen LogP contribution in [-0.2, 0) is 0 Å². The lowest BCUT2D eigenvalue weighted by atomic mass is 9.99. The van der Waals surface area contributed by atoms with Gasteiger partial charge in [0, 0.05) is 23.8 Å². The fourth-order valence-corrected chi connectivity index (χ4v) is 3.06. The van der Waals surface area contributed by atoms with Crippen LogP contribution in [0.3, 0.4) is 0 Å². The van der Waals surface area contributed by atoms with Crippen LogP contribution in [0.4, 0.5) is 0 Å². The molecule has 1 aromatic carbocycles. The zero-order chi connectivity index (χ0) is 16.5. The Morgan fingerprint density at radius 1 is 1.17 bits per heavy atom. The summed E-state index contributed by atoms with van der Waals surface area (Å²) in [6, 6.07) is 13.0. The van der Waals surface area contributed by atoms with E-state index in [9.17, 15) is 4.79 Å². The highest BCUT2D eigenvalue weighted by molar-refractivity contribution is 9.10. The van der Waals surface area contributed by atoms with Crippen molar-refractivity contribution in [1.29, 1.82) is 0 Å². The molecular formula is C17H13BrN4O2. The molecule has 0 radical (unpaired) electrons. The monoisotopic (exact) mass is 384 g/mol. The Morgan fingerprint density at radius 3 is 2.71 bits per heavy atom. The number of amides is 1. The summed E-state index contributed by atoms with van der Waals surface area (Å²) in [5.74, 6) is 1.10. The van der Waals surface area contributed by atoms with E-state index in [-0.39, 0.29) is 11.8 Å². The van der Waals surface area contributed by atoms with E-state index >= 15 is 0 Å². The highest BCUT2D eigenvalue weighted by Gasteiger charge is 2.36. The highest BCUT2D eigenvalue weighted by atomic mass is 79.9. The Balaban J connectivity index is 1.44. The SMILES string of the molecule is O=C(c1ccccc1Br)N1CC(c2nc(-c3ccccn3)no2)C1. The van der Waals surface area contributed by atoms with Crippen LogP contribution in [0.15, 0.2) is 57.7 Å². The van der Waals surface area contributed by atoms with Crippen LogP contribution in [0.2, 0.25) is 0 Å². The molecule has 6 nitrogen and oxygen atoms in total. The molecule has 0 N–H and O–H groups in total. The molecule has 3 aromatic rings. The first kappa shape index (κ1) is 15.0. The minimum absolute atomic E-state index is 0.00295. The van der Waals surface area contributed by atoms with Gasteiger partial charge in [-0.1, -0.05) is 23.4 Å². The van der Waals surface area contributed by atoms with Gasteiger partial charge in [-0.3, -0.25) is 9.78 Å². The van der Waals surface area contributed by atoms with Crippen LogP contribution in [0.1, 0.15) is 22.2 Å². The number of hydrogen-bond donors (Lipinski definition) is 0. The van der Waals surface area contributed by atoms with Gasteiger partial charge in [0.2, 0.25) is 11.7 Å². The third kappa shape index (κ3) is 2.71. The van der Waals surface area contributed by atoms with Crippen LogP contribution >= 0.6 is 15.9 Å². The van der Waals surface area contributed by atoms with Crippen molar-refractivity contribution in [2.75, 3.05) is 13.1 Å². The maximum absolute atomic E-state index is 12.5. The minimum atomic E-state index is 0.00295. The quantitative estimate of drug-likeness (QED) is 0.693. The van der Waals surface area contributed by atoms with E-state index in [2.05, 4.69) is 31.1 Å². The summed E-state index contributed by atoms with van der Waals surface area (Å²) in [5, 5.41) is 3.97. The number of carbonyl (C=O) groups is 1. The Bertz CT molecular complexity index is 875. The summed E-state index contributed by atoms with van der Waals surface area (Å²) < 4.78 is 6.13. The number of hydrogen-bond acceptors (Lipinski definition) is 5. The molecule has 120 valence electrons. The maximum Gasteiger partial charge on any atom is 0.255 e. The minimum Gasteiger partial charge on any atom is -0.338 e. The molecule has 1 saturated heterocycles. The number of halogens is 1. The lowest BCUT2D eigenvalue weighted by Crippen LogP contribution is -2.48. The Kier molecular flexibility index (Phi) is 3.86. The van der Waals surface area contributed by atoms with Crippen LogP contribution < -0.4 is 0 Å². The molecule has 7 heteroatoms. The molecule has 0 atom stereocenters. The van der Waals surface area contributed by atoms with Crippen LogP contribution in [0.25, 0.3) is 11.5 Å². The summed E-state index contributed by atoms with van der Waals surface area (Å²) in [6.07, 6.45) is 1.69. The second kappa shape index (κ2) is 6.16. The predicted octanol–water partition coefficient (Wildman–Crippen LogP) is 3.13. The topological polar surface area (TPSA) is 72.1 Å².